The predicted molar refractivity (Wildman–Crippen MR) is 103 cm³/mol. The standard InChI is InChI=1S/C18H14ClN3O2S/c1-11(23)20-14-6-8-15(9-7-14)21-18-22-17(24)16(25-18)10-12-2-4-13(19)5-3-12/h2-10H,1H3,(H,20,23)(H,21,22,24). The van der Waals surface area contributed by atoms with Gasteiger partial charge in [0.05, 0.1) is 10.6 Å². The van der Waals surface area contributed by atoms with Gasteiger partial charge in [-0.15, -0.1) is 0 Å². The fourth-order valence-electron chi connectivity index (χ4n) is 2.13. The Balaban J connectivity index is 1.74. The van der Waals surface area contributed by atoms with Gasteiger partial charge in [-0.25, -0.2) is 4.99 Å². The summed E-state index contributed by atoms with van der Waals surface area (Å²) in [5.41, 5.74) is 2.27. The minimum atomic E-state index is -0.187. The number of carbonyl (C=O) groups is 2. The van der Waals surface area contributed by atoms with Crippen LogP contribution in [0.5, 0.6) is 0 Å². The molecule has 1 fully saturated rings. The number of amides is 2. The lowest BCUT2D eigenvalue weighted by atomic mass is 10.2. The van der Waals surface area contributed by atoms with Gasteiger partial charge in [0.1, 0.15) is 0 Å². The molecule has 25 heavy (non-hydrogen) atoms. The lowest BCUT2D eigenvalue weighted by Crippen LogP contribution is -2.19. The van der Waals surface area contributed by atoms with Crippen LogP contribution in [0, 0.1) is 0 Å². The Morgan fingerprint density at radius 1 is 1.16 bits per heavy atom. The average molecular weight is 372 g/mol. The van der Waals surface area contributed by atoms with Crippen molar-refractivity contribution in [1.29, 1.82) is 0 Å². The quantitative estimate of drug-likeness (QED) is 0.795. The highest BCUT2D eigenvalue weighted by molar-refractivity contribution is 8.18. The number of aliphatic imine (C=N–C) groups is 1. The zero-order chi connectivity index (χ0) is 17.8. The topological polar surface area (TPSA) is 70.6 Å². The van der Waals surface area contributed by atoms with Crippen LogP contribution in [0.4, 0.5) is 11.4 Å². The maximum atomic E-state index is 12.1. The molecular weight excluding hydrogens is 358 g/mol. The number of nitrogens with zero attached hydrogens (tertiary/aromatic N) is 1. The van der Waals surface area contributed by atoms with Gasteiger partial charge in [0, 0.05) is 17.6 Å². The SMILES string of the molecule is CC(=O)Nc1ccc(N=C2NC(=O)C(=Cc3ccc(Cl)cc3)S2)cc1. The molecule has 1 aliphatic heterocycles. The lowest BCUT2D eigenvalue weighted by molar-refractivity contribution is -0.115. The van der Waals surface area contributed by atoms with Crippen molar-refractivity contribution in [3.05, 3.63) is 64.0 Å². The molecule has 2 N–H and O–H groups in total. The minimum Gasteiger partial charge on any atom is -0.326 e. The molecule has 0 atom stereocenters. The summed E-state index contributed by atoms with van der Waals surface area (Å²) in [6.07, 6.45) is 1.79. The second-order valence-electron chi connectivity index (χ2n) is 5.26. The van der Waals surface area contributed by atoms with Crippen molar-refractivity contribution in [2.24, 2.45) is 4.99 Å². The van der Waals surface area contributed by atoms with Gasteiger partial charge < -0.3 is 10.6 Å². The molecule has 1 aliphatic rings. The number of hydrogen-bond donors (Lipinski definition) is 2. The Bertz CT molecular complexity index is 874. The number of nitrogens with one attached hydrogen (secondary N) is 2. The van der Waals surface area contributed by atoms with Crippen LogP contribution in [0.25, 0.3) is 6.08 Å². The molecule has 0 aromatic heterocycles. The van der Waals surface area contributed by atoms with E-state index in [9.17, 15) is 9.59 Å². The summed E-state index contributed by atoms with van der Waals surface area (Å²) in [5, 5.41) is 6.59. The highest BCUT2D eigenvalue weighted by Crippen LogP contribution is 2.28. The summed E-state index contributed by atoms with van der Waals surface area (Å²) in [6, 6.07) is 14.3. The number of hydrogen-bond acceptors (Lipinski definition) is 4. The van der Waals surface area contributed by atoms with Crippen molar-refractivity contribution in [2.75, 3.05) is 5.32 Å². The first kappa shape index (κ1) is 17.3. The van der Waals surface area contributed by atoms with Gasteiger partial charge in [0.15, 0.2) is 5.17 Å². The molecule has 0 unspecified atom stereocenters. The van der Waals surface area contributed by atoms with E-state index < -0.39 is 0 Å². The van der Waals surface area contributed by atoms with Crippen LogP contribution in [0.15, 0.2) is 58.4 Å². The van der Waals surface area contributed by atoms with Gasteiger partial charge >= 0.3 is 0 Å². The molecule has 2 aromatic rings. The first-order valence-corrected chi connectivity index (χ1v) is 8.62. The lowest BCUT2D eigenvalue weighted by Gasteiger charge is -2.02. The third kappa shape index (κ3) is 4.71. The van der Waals surface area contributed by atoms with Gasteiger partial charge in [-0.2, -0.15) is 0 Å². The molecule has 1 heterocycles. The van der Waals surface area contributed by atoms with Gasteiger partial charge in [-0.1, -0.05) is 23.7 Å². The van der Waals surface area contributed by atoms with Crippen molar-refractivity contribution in [3.63, 3.8) is 0 Å². The van der Waals surface area contributed by atoms with Gasteiger partial charge in [0.25, 0.3) is 5.91 Å². The van der Waals surface area contributed by atoms with Crippen LogP contribution in [-0.4, -0.2) is 17.0 Å². The summed E-state index contributed by atoms with van der Waals surface area (Å²) in [4.78, 5) is 28.1. The van der Waals surface area contributed by atoms with E-state index in [0.717, 1.165) is 5.56 Å². The number of carbonyl (C=O) groups excluding carboxylic acids is 2. The van der Waals surface area contributed by atoms with Gasteiger partial charge in [0.2, 0.25) is 5.91 Å². The van der Waals surface area contributed by atoms with Crippen LogP contribution in [0.3, 0.4) is 0 Å². The number of rotatable bonds is 3. The Labute approximate surface area is 154 Å². The molecule has 0 aliphatic carbocycles. The molecule has 0 bridgehead atoms. The fraction of sp³-hybridized carbons (Fsp3) is 0.0556. The van der Waals surface area contributed by atoms with Crippen molar-refractivity contribution in [3.8, 4) is 0 Å². The summed E-state index contributed by atoms with van der Waals surface area (Å²) >= 11 is 7.14. The van der Waals surface area contributed by atoms with E-state index in [1.165, 1.54) is 18.7 Å². The Morgan fingerprint density at radius 3 is 2.48 bits per heavy atom. The van der Waals surface area contributed by atoms with Crippen LogP contribution in [0.1, 0.15) is 12.5 Å². The molecular formula is C18H14ClN3O2S. The molecule has 2 aromatic carbocycles. The fourth-order valence-corrected chi connectivity index (χ4v) is 3.10. The van der Waals surface area contributed by atoms with Crippen LogP contribution in [0.2, 0.25) is 5.02 Å². The van der Waals surface area contributed by atoms with E-state index >= 15 is 0 Å². The number of amidine groups is 1. The molecule has 7 heteroatoms. The summed E-state index contributed by atoms with van der Waals surface area (Å²) in [7, 11) is 0. The first-order valence-electron chi connectivity index (χ1n) is 7.42. The monoisotopic (exact) mass is 371 g/mol. The van der Waals surface area contributed by atoms with Crippen LogP contribution in [-0.2, 0) is 9.59 Å². The van der Waals surface area contributed by atoms with E-state index in [4.69, 9.17) is 11.6 Å². The largest absolute Gasteiger partial charge is 0.326 e. The summed E-state index contributed by atoms with van der Waals surface area (Å²) in [6.45, 7) is 1.45. The van der Waals surface area contributed by atoms with E-state index in [1.807, 2.05) is 12.1 Å². The summed E-state index contributed by atoms with van der Waals surface area (Å²) in [5.74, 6) is -0.316. The molecule has 1 saturated heterocycles. The first-order chi connectivity index (χ1) is 12.0. The highest BCUT2D eigenvalue weighted by atomic mass is 35.5. The zero-order valence-electron chi connectivity index (χ0n) is 13.2. The third-order valence-electron chi connectivity index (χ3n) is 3.24. The van der Waals surface area contributed by atoms with Crippen molar-refractivity contribution in [2.45, 2.75) is 6.92 Å². The van der Waals surface area contributed by atoms with E-state index in [-0.39, 0.29) is 11.8 Å². The minimum absolute atomic E-state index is 0.130. The second-order valence-corrected chi connectivity index (χ2v) is 6.73. The average Bonchev–Trinajstić information content (AvgIpc) is 2.90. The molecule has 0 spiro atoms. The number of thioether (sulfide) groups is 1. The van der Waals surface area contributed by atoms with Crippen molar-refractivity contribution < 1.29 is 9.59 Å². The van der Waals surface area contributed by atoms with Crippen molar-refractivity contribution >= 4 is 57.8 Å². The van der Waals surface area contributed by atoms with Gasteiger partial charge in [-0.3, -0.25) is 9.59 Å². The Kier molecular flexibility index (Phi) is 5.21. The Hall–Kier alpha value is -2.57. The molecule has 0 radical (unpaired) electrons. The Morgan fingerprint density at radius 2 is 1.84 bits per heavy atom. The maximum Gasteiger partial charge on any atom is 0.264 e. The van der Waals surface area contributed by atoms with E-state index in [1.54, 1.807) is 42.5 Å². The number of anilines is 1. The number of halogens is 1. The van der Waals surface area contributed by atoms with Crippen molar-refractivity contribution in [1.82, 2.24) is 5.32 Å². The second kappa shape index (κ2) is 7.55. The normalized spacial score (nSPS) is 17.0. The molecule has 0 saturated carbocycles. The molecule has 5 nitrogen and oxygen atoms in total. The van der Waals surface area contributed by atoms with Crippen LogP contribution >= 0.6 is 23.4 Å². The predicted octanol–water partition coefficient (Wildman–Crippen LogP) is 4.19. The van der Waals surface area contributed by atoms with E-state index in [0.29, 0.717) is 26.5 Å². The number of benzene rings is 2. The smallest absolute Gasteiger partial charge is 0.264 e. The third-order valence-corrected chi connectivity index (χ3v) is 4.40. The zero-order valence-corrected chi connectivity index (χ0v) is 14.8. The van der Waals surface area contributed by atoms with Crippen LogP contribution < -0.4 is 10.6 Å². The molecule has 126 valence electrons. The van der Waals surface area contributed by atoms with Gasteiger partial charge in [-0.05, 0) is 59.8 Å². The van der Waals surface area contributed by atoms with E-state index in [2.05, 4.69) is 15.6 Å². The summed E-state index contributed by atoms with van der Waals surface area (Å²) < 4.78 is 0. The highest BCUT2D eigenvalue weighted by Gasteiger charge is 2.23. The maximum absolute atomic E-state index is 12.1. The molecule has 3 rings (SSSR count). The molecule has 2 amide bonds.